The lowest BCUT2D eigenvalue weighted by molar-refractivity contribution is -0.138. The lowest BCUT2D eigenvalue weighted by atomic mass is 9.92. The van der Waals surface area contributed by atoms with Crippen LogP contribution >= 0.6 is 0 Å². The molecule has 0 fully saturated rings. The van der Waals surface area contributed by atoms with Crippen molar-refractivity contribution in [2.24, 2.45) is 0 Å². The summed E-state index contributed by atoms with van der Waals surface area (Å²) in [7, 11) is 0. The average molecular weight is 1550 g/mol. The van der Waals surface area contributed by atoms with Gasteiger partial charge in [0.15, 0.2) is 34.5 Å². The summed E-state index contributed by atoms with van der Waals surface area (Å²) in [6.07, 6.45) is 35.2. The van der Waals surface area contributed by atoms with E-state index in [1.807, 2.05) is 0 Å². The van der Waals surface area contributed by atoms with E-state index in [0.29, 0.717) is 57.8 Å². The zero-order chi connectivity index (χ0) is 80.6. The van der Waals surface area contributed by atoms with Crippen molar-refractivity contribution < 1.29 is 85.8 Å². The number of unbranched alkanes of at least 4 members (excludes halogenated alkanes) is 36. The van der Waals surface area contributed by atoms with Crippen LogP contribution in [0.25, 0.3) is 0 Å². The Morgan fingerprint density at radius 1 is 0.189 bits per heavy atom. The number of carbonyl (C=O) groups is 9. The second kappa shape index (κ2) is 59.6. The molecule has 0 N–H and O–H groups in total. The van der Waals surface area contributed by atoms with Gasteiger partial charge in [-0.15, -0.1) is 0 Å². The number of carbonyl (C=O) groups excluding carboxylic acids is 9. The Hall–Kier alpha value is -7.11. The van der Waals surface area contributed by atoms with Crippen LogP contribution in [0, 0.1) is 0 Å². The number of hydrogen-bond donors (Lipinski definition) is 0. The maximum absolute atomic E-state index is 15.0. The number of ether oxygens (including phenoxy) is 9. The Bertz CT molecular complexity index is 2920. The molecule has 3 aromatic rings. The Morgan fingerprint density at radius 2 is 0.324 bits per heavy atom. The third kappa shape index (κ3) is 39.0. The molecule has 0 unspecified atom stereocenters. The number of fused-ring (bicyclic) bond motifs is 3. The fraction of sp³-hybridized carbons (Fsp3) is 0.710. The van der Waals surface area contributed by atoms with Crippen LogP contribution in [-0.2, 0) is 62.4 Å². The Morgan fingerprint density at radius 3 is 0.477 bits per heavy atom. The van der Waals surface area contributed by atoms with Crippen LogP contribution in [-0.4, -0.2) is 53.7 Å². The number of esters is 9. The predicted octanol–water partition coefficient (Wildman–Crippen LogP) is 25.2. The first-order chi connectivity index (χ1) is 54.0. The molecule has 0 saturated carbocycles. The van der Waals surface area contributed by atoms with E-state index in [4.69, 9.17) is 42.6 Å². The Balaban J connectivity index is 2.46. The zero-order valence-corrected chi connectivity index (χ0v) is 70.4. The van der Waals surface area contributed by atoms with Crippen molar-refractivity contribution in [2.45, 2.75) is 428 Å². The van der Waals surface area contributed by atoms with E-state index >= 15 is 14.4 Å². The minimum atomic E-state index is -0.682. The normalized spacial score (nSPS) is 11.6. The van der Waals surface area contributed by atoms with Gasteiger partial charge in [-0.2, -0.15) is 0 Å². The molecule has 0 heterocycles. The van der Waals surface area contributed by atoms with Crippen molar-refractivity contribution in [1.82, 2.24) is 0 Å². The third-order valence-corrected chi connectivity index (χ3v) is 20.6. The van der Waals surface area contributed by atoms with E-state index in [2.05, 4.69) is 62.3 Å². The van der Waals surface area contributed by atoms with Gasteiger partial charge < -0.3 is 42.6 Å². The molecule has 4 rings (SSSR count). The van der Waals surface area contributed by atoms with E-state index in [1.165, 1.54) is 0 Å². The van der Waals surface area contributed by atoms with Crippen LogP contribution in [0.3, 0.4) is 0 Å². The lowest BCUT2D eigenvalue weighted by Crippen LogP contribution is -2.18. The van der Waals surface area contributed by atoms with Crippen molar-refractivity contribution in [3.63, 3.8) is 0 Å². The van der Waals surface area contributed by atoms with Gasteiger partial charge in [-0.1, -0.05) is 293 Å². The van der Waals surface area contributed by atoms with Gasteiger partial charge in [-0.25, -0.2) is 0 Å². The molecule has 18 heteroatoms. The molecule has 0 saturated heterocycles. The van der Waals surface area contributed by atoms with Crippen LogP contribution in [0.4, 0.5) is 0 Å². The molecule has 0 atom stereocenters. The first-order valence-corrected chi connectivity index (χ1v) is 44.4. The smallest absolute Gasteiger partial charge is 0.311 e. The fourth-order valence-electron chi connectivity index (χ4n) is 14.0. The van der Waals surface area contributed by atoms with Crippen molar-refractivity contribution >= 4 is 53.7 Å². The van der Waals surface area contributed by atoms with Gasteiger partial charge in [0.1, 0.15) is 0 Å². The van der Waals surface area contributed by atoms with Gasteiger partial charge in [-0.05, 0) is 92.7 Å². The van der Waals surface area contributed by atoms with E-state index in [-0.39, 0.29) is 162 Å². The molecule has 0 spiro atoms. The molecule has 0 amide bonds. The second-order valence-corrected chi connectivity index (χ2v) is 30.8. The number of benzene rings is 3. The zero-order valence-electron chi connectivity index (χ0n) is 70.4. The highest BCUT2D eigenvalue weighted by molar-refractivity contribution is 5.86. The maximum Gasteiger partial charge on any atom is 0.311 e. The topological polar surface area (TPSA) is 237 Å². The highest BCUT2D eigenvalue weighted by Gasteiger charge is 2.37. The largest absolute Gasteiger partial charge is 0.422 e. The highest BCUT2D eigenvalue weighted by Crippen LogP contribution is 2.53. The average Bonchev–Trinajstić information content (AvgIpc) is 1.68. The molecule has 0 radical (unpaired) electrons. The van der Waals surface area contributed by atoms with Crippen LogP contribution in [0.5, 0.6) is 51.7 Å². The molecule has 3 aromatic carbocycles. The van der Waals surface area contributed by atoms with Crippen molar-refractivity contribution in [3.8, 4) is 51.7 Å². The SMILES string of the molecule is CCCCCCCC(=O)Oc1cc2c(c(OC(=O)CCCCCCC)c1OC(=O)CCCCCCC)Cc1cc(OC(=O)CCCCCCC)c(OC(=O)CCCCCCC)c(OC(=O)CCCCCCC)c1Cc1cc(OC(=O)CCCCCCC)c(OC(=O)CCCCCCC)c(OC(=O)CCCCCCC)c1C2. The summed E-state index contributed by atoms with van der Waals surface area (Å²) in [6.45, 7) is 19.0. The molecule has 1 aliphatic carbocycles. The summed E-state index contributed by atoms with van der Waals surface area (Å²) in [6, 6.07) is 4.69. The number of rotatable bonds is 63. The first kappa shape index (κ1) is 96.3. The standard InChI is InChI=1S/C93H144O18/c1-10-19-28-37-46-55-79(94)103-76-67-70-64-74-72(69-78(105-81(96)57-48-39-30-21-12-3)92(110-86(101)62-53-44-35-26-17-8)89(74)107-83(98)59-50-41-32-23-14-5)66-75-71(65-73(70)88(106-82(97)58-49-40-31-22-13-4)91(76)109-85(100)61-52-43-34-25-16-7)68-77(104-80(95)56-47-38-29-20-11-2)93(111-87(102)63-54-45-36-27-18-9)90(75)108-84(99)60-51-42-33-24-15-6/h67-69H,10-66H2,1-9H3. The second-order valence-electron chi connectivity index (χ2n) is 30.8. The molecular weight excluding hydrogens is 1410 g/mol. The Kier molecular flexibility index (Phi) is 51.7. The monoisotopic (exact) mass is 1550 g/mol. The van der Waals surface area contributed by atoms with E-state index in [9.17, 15) is 28.8 Å². The van der Waals surface area contributed by atoms with E-state index in [1.54, 1.807) is 18.2 Å². The van der Waals surface area contributed by atoms with Crippen LogP contribution in [0.1, 0.15) is 442 Å². The predicted molar refractivity (Wildman–Crippen MR) is 439 cm³/mol. The fourth-order valence-corrected chi connectivity index (χ4v) is 14.0. The van der Waals surface area contributed by atoms with Gasteiger partial charge in [-0.3, -0.25) is 43.2 Å². The minimum Gasteiger partial charge on any atom is -0.422 e. The van der Waals surface area contributed by atoms with Gasteiger partial charge in [0.05, 0.1) is 0 Å². The summed E-state index contributed by atoms with van der Waals surface area (Å²) in [5.41, 5.74) is 1.46. The van der Waals surface area contributed by atoms with Gasteiger partial charge in [0.2, 0.25) is 17.2 Å². The third-order valence-electron chi connectivity index (χ3n) is 20.6. The molecule has 0 aliphatic heterocycles. The molecule has 624 valence electrons. The molecule has 18 nitrogen and oxygen atoms in total. The van der Waals surface area contributed by atoms with Crippen LogP contribution in [0.2, 0.25) is 0 Å². The number of hydrogen-bond acceptors (Lipinski definition) is 18. The van der Waals surface area contributed by atoms with Crippen LogP contribution in [0.15, 0.2) is 18.2 Å². The highest BCUT2D eigenvalue weighted by atomic mass is 16.6. The molecule has 0 bridgehead atoms. The van der Waals surface area contributed by atoms with Gasteiger partial charge in [0.25, 0.3) is 0 Å². The summed E-state index contributed by atoms with van der Waals surface area (Å²) in [5.74, 6) is -8.48. The van der Waals surface area contributed by atoms with Crippen molar-refractivity contribution in [3.05, 3.63) is 51.6 Å². The molecule has 111 heavy (non-hydrogen) atoms. The quantitative estimate of drug-likeness (QED) is 0.0227. The van der Waals surface area contributed by atoms with Crippen molar-refractivity contribution in [1.29, 1.82) is 0 Å². The Labute approximate surface area is 667 Å². The van der Waals surface area contributed by atoms with Crippen LogP contribution < -0.4 is 42.6 Å². The maximum atomic E-state index is 15.0. The molecule has 1 aliphatic rings. The summed E-state index contributed by atoms with van der Waals surface area (Å²) >= 11 is 0. The van der Waals surface area contributed by atoms with Crippen molar-refractivity contribution in [2.75, 3.05) is 0 Å². The minimum absolute atomic E-state index is 0.00689. The van der Waals surface area contributed by atoms with Gasteiger partial charge in [0, 0.05) is 93.7 Å². The first-order valence-electron chi connectivity index (χ1n) is 44.4. The molecular formula is C93H144O18. The summed E-state index contributed by atoms with van der Waals surface area (Å²) in [4.78, 5) is 133. The molecule has 0 aromatic heterocycles. The summed E-state index contributed by atoms with van der Waals surface area (Å²) < 4.78 is 59.1. The van der Waals surface area contributed by atoms with E-state index in [0.717, 1.165) is 231 Å². The van der Waals surface area contributed by atoms with Gasteiger partial charge >= 0.3 is 53.7 Å². The lowest BCUT2D eigenvalue weighted by Gasteiger charge is -2.23. The van der Waals surface area contributed by atoms with E-state index < -0.39 is 53.7 Å². The summed E-state index contributed by atoms with van der Waals surface area (Å²) in [5, 5.41) is 0.